The zero-order valence-electron chi connectivity index (χ0n) is 10.9. The van der Waals surface area contributed by atoms with Crippen molar-refractivity contribution in [2.24, 2.45) is 0 Å². The molecule has 0 aliphatic carbocycles. The first-order valence-corrected chi connectivity index (χ1v) is 5.94. The van der Waals surface area contributed by atoms with Crippen LogP contribution in [0.25, 0.3) is 11.6 Å². The highest BCUT2D eigenvalue weighted by Gasteiger charge is 2.16. The lowest BCUT2D eigenvalue weighted by atomic mass is 10.1. The standard InChI is InChI=1S/C14H17N3O/c1-5-12-10(3)14(11(4)18)16-17(12)13-8-9(2)6-7-15-13/h6-8,18H,4-5H2,1-3H3. The first-order chi connectivity index (χ1) is 8.54. The fourth-order valence-electron chi connectivity index (χ4n) is 2.05. The number of nitrogens with zero attached hydrogens (tertiary/aromatic N) is 3. The molecule has 2 heterocycles. The molecule has 1 N–H and O–H groups in total. The van der Waals surface area contributed by atoms with Gasteiger partial charge in [0.1, 0.15) is 11.5 Å². The first kappa shape index (κ1) is 12.4. The third-order valence-electron chi connectivity index (χ3n) is 2.97. The van der Waals surface area contributed by atoms with Crippen molar-refractivity contribution in [3.8, 4) is 5.82 Å². The van der Waals surface area contributed by atoms with E-state index in [2.05, 4.69) is 23.6 Å². The maximum absolute atomic E-state index is 9.55. The maximum atomic E-state index is 9.55. The molecule has 0 saturated carbocycles. The number of aliphatic hydroxyl groups excluding tert-OH is 1. The minimum Gasteiger partial charge on any atom is -0.506 e. The molecule has 2 aromatic rings. The molecule has 4 nitrogen and oxygen atoms in total. The second kappa shape index (κ2) is 4.64. The highest BCUT2D eigenvalue weighted by molar-refractivity contribution is 5.57. The van der Waals surface area contributed by atoms with Crippen LogP contribution in [0.15, 0.2) is 24.9 Å². The molecule has 0 bridgehead atoms. The van der Waals surface area contributed by atoms with Gasteiger partial charge in [0, 0.05) is 17.5 Å². The zero-order valence-corrected chi connectivity index (χ0v) is 10.9. The molecule has 18 heavy (non-hydrogen) atoms. The molecular formula is C14H17N3O. The van der Waals surface area contributed by atoms with Crippen LogP contribution in [0.4, 0.5) is 0 Å². The number of hydrogen-bond acceptors (Lipinski definition) is 3. The third-order valence-corrected chi connectivity index (χ3v) is 2.97. The highest BCUT2D eigenvalue weighted by atomic mass is 16.3. The van der Waals surface area contributed by atoms with E-state index in [1.807, 2.05) is 26.0 Å². The molecule has 2 aromatic heterocycles. The number of aryl methyl sites for hydroxylation is 1. The Morgan fingerprint density at radius 2 is 2.17 bits per heavy atom. The largest absolute Gasteiger partial charge is 0.506 e. The molecule has 0 unspecified atom stereocenters. The van der Waals surface area contributed by atoms with Gasteiger partial charge in [-0.05, 0) is 38.0 Å². The monoisotopic (exact) mass is 243 g/mol. The van der Waals surface area contributed by atoms with Crippen LogP contribution in [0.5, 0.6) is 0 Å². The second-order valence-corrected chi connectivity index (χ2v) is 4.32. The summed E-state index contributed by atoms with van der Waals surface area (Å²) in [5.41, 5.74) is 3.65. The van der Waals surface area contributed by atoms with Crippen LogP contribution in [0.2, 0.25) is 0 Å². The lowest BCUT2D eigenvalue weighted by Gasteiger charge is -2.05. The zero-order chi connectivity index (χ0) is 13.3. The van der Waals surface area contributed by atoms with E-state index in [9.17, 15) is 5.11 Å². The summed E-state index contributed by atoms with van der Waals surface area (Å²) in [7, 11) is 0. The molecule has 0 aliphatic rings. The minimum absolute atomic E-state index is 0.00592. The molecule has 0 aliphatic heterocycles. The summed E-state index contributed by atoms with van der Waals surface area (Å²) in [5, 5.41) is 13.9. The van der Waals surface area contributed by atoms with Crippen molar-refractivity contribution in [3.63, 3.8) is 0 Å². The van der Waals surface area contributed by atoms with Gasteiger partial charge in [-0.1, -0.05) is 13.5 Å². The second-order valence-electron chi connectivity index (χ2n) is 4.32. The minimum atomic E-state index is -0.00592. The van der Waals surface area contributed by atoms with Crippen molar-refractivity contribution in [1.29, 1.82) is 0 Å². The van der Waals surface area contributed by atoms with Gasteiger partial charge in [-0.3, -0.25) is 0 Å². The summed E-state index contributed by atoms with van der Waals surface area (Å²) in [5.74, 6) is 0.760. The van der Waals surface area contributed by atoms with E-state index in [0.29, 0.717) is 5.69 Å². The molecule has 0 atom stereocenters. The van der Waals surface area contributed by atoms with Gasteiger partial charge in [0.15, 0.2) is 5.82 Å². The van der Waals surface area contributed by atoms with Gasteiger partial charge < -0.3 is 5.11 Å². The van der Waals surface area contributed by atoms with Crippen molar-refractivity contribution in [3.05, 3.63) is 47.4 Å². The third kappa shape index (κ3) is 2.01. The van der Waals surface area contributed by atoms with Gasteiger partial charge in [0.2, 0.25) is 0 Å². The number of aliphatic hydroxyl groups is 1. The molecule has 94 valence electrons. The van der Waals surface area contributed by atoms with Gasteiger partial charge in [-0.25, -0.2) is 9.67 Å². The van der Waals surface area contributed by atoms with Crippen molar-refractivity contribution in [1.82, 2.24) is 14.8 Å². The summed E-state index contributed by atoms with van der Waals surface area (Å²) >= 11 is 0. The average molecular weight is 243 g/mol. The lowest BCUT2D eigenvalue weighted by Crippen LogP contribution is -2.04. The van der Waals surface area contributed by atoms with E-state index in [4.69, 9.17) is 0 Å². The smallest absolute Gasteiger partial charge is 0.153 e. The van der Waals surface area contributed by atoms with Gasteiger partial charge in [0.25, 0.3) is 0 Å². The van der Waals surface area contributed by atoms with Crippen LogP contribution in [-0.4, -0.2) is 19.9 Å². The predicted molar refractivity (Wildman–Crippen MR) is 71.9 cm³/mol. The number of pyridine rings is 1. The van der Waals surface area contributed by atoms with Gasteiger partial charge in [0.05, 0.1) is 0 Å². The molecule has 0 radical (unpaired) electrons. The van der Waals surface area contributed by atoms with E-state index in [1.165, 1.54) is 0 Å². The van der Waals surface area contributed by atoms with Crippen molar-refractivity contribution < 1.29 is 5.11 Å². The summed E-state index contributed by atoms with van der Waals surface area (Å²) in [4.78, 5) is 4.32. The summed E-state index contributed by atoms with van der Waals surface area (Å²) in [6.07, 6.45) is 2.58. The normalized spacial score (nSPS) is 10.6. The van der Waals surface area contributed by atoms with E-state index in [0.717, 1.165) is 29.1 Å². The maximum Gasteiger partial charge on any atom is 0.153 e. The Labute approximate surface area is 107 Å². The molecular weight excluding hydrogens is 226 g/mol. The molecule has 2 rings (SSSR count). The van der Waals surface area contributed by atoms with Crippen LogP contribution >= 0.6 is 0 Å². The van der Waals surface area contributed by atoms with E-state index >= 15 is 0 Å². The van der Waals surface area contributed by atoms with Gasteiger partial charge in [-0.2, -0.15) is 5.10 Å². The van der Waals surface area contributed by atoms with Crippen LogP contribution in [-0.2, 0) is 6.42 Å². The molecule has 0 spiro atoms. The van der Waals surface area contributed by atoms with Crippen LogP contribution in [0, 0.1) is 13.8 Å². The lowest BCUT2D eigenvalue weighted by molar-refractivity contribution is 0.509. The van der Waals surface area contributed by atoms with Gasteiger partial charge >= 0.3 is 0 Å². The van der Waals surface area contributed by atoms with Crippen LogP contribution in [0.3, 0.4) is 0 Å². The van der Waals surface area contributed by atoms with Crippen LogP contribution < -0.4 is 0 Å². The Balaban J connectivity index is 2.64. The molecule has 0 saturated heterocycles. The first-order valence-electron chi connectivity index (χ1n) is 5.94. The fraction of sp³-hybridized carbons (Fsp3) is 0.286. The highest BCUT2D eigenvalue weighted by Crippen LogP contribution is 2.21. The number of aromatic nitrogens is 3. The summed E-state index contributed by atoms with van der Waals surface area (Å²) in [6, 6.07) is 3.91. The van der Waals surface area contributed by atoms with E-state index in [1.54, 1.807) is 10.9 Å². The average Bonchev–Trinajstić information content (AvgIpc) is 2.66. The van der Waals surface area contributed by atoms with E-state index in [-0.39, 0.29) is 5.76 Å². The SMILES string of the molecule is C=C(O)c1nn(-c2cc(C)ccn2)c(CC)c1C. The Bertz CT molecular complexity index is 599. The molecule has 4 heteroatoms. The number of rotatable bonds is 3. The van der Waals surface area contributed by atoms with Gasteiger partial charge in [-0.15, -0.1) is 0 Å². The van der Waals surface area contributed by atoms with Crippen molar-refractivity contribution in [2.75, 3.05) is 0 Å². The predicted octanol–water partition coefficient (Wildman–Crippen LogP) is 2.98. The van der Waals surface area contributed by atoms with Crippen molar-refractivity contribution in [2.45, 2.75) is 27.2 Å². The topological polar surface area (TPSA) is 50.9 Å². The summed E-state index contributed by atoms with van der Waals surface area (Å²) < 4.78 is 1.78. The summed E-state index contributed by atoms with van der Waals surface area (Å²) in [6.45, 7) is 9.55. The van der Waals surface area contributed by atoms with Crippen LogP contribution in [0.1, 0.15) is 29.4 Å². The van der Waals surface area contributed by atoms with E-state index < -0.39 is 0 Å². The molecule has 0 amide bonds. The Kier molecular flexibility index (Phi) is 3.19. The Hall–Kier alpha value is -2.10. The quantitative estimate of drug-likeness (QED) is 0.843. The molecule has 0 fully saturated rings. The Morgan fingerprint density at radius 1 is 1.44 bits per heavy atom. The Morgan fingerprint density at radius 3 is 2.72 bits per heavy atom. The molecule has 0 aromatic carbocycles. The number of hydrogen-bond donors (Lipinski definition) is 1. The van der Waals surface area contributed by atoms with Crippen molar-refractivity contribution >= 4 is 5.76 Å². The fourth-order valence-corrected chi connectivity index (χ4v) is 2.05.